The molecule has 0 unspecified atom stereocenters. The summed E-state index contributed by atoms with van der Waals surface area (Å²) in [5.41, 5.74) is 1.62. The Hall–Kier alpha value is -2.57. The number of hydrogen-bond donors (Lipinski definition) is 1. The van der Waals surface area contributed by atoms with Crippen LogP contribution in [0.4, 0.5) is 10.3 Å². The smallest absolute Gasteiger partial charge is 0.248 e. The summed E-state index contributed by atoms with van der Waals surface area (Å²) in [5.74, 6) is 0.0750. The van der Waals surface area contributed by atoms with Gasteiger partial charge in [-0.2, -0.15) is 4.68 Å². The first-order chi connectivity index (χ1) is 11.0. The fourth-order valence-corrected chi connectivity index (χ4v) is 3.45. The summed E-state index contributed by atoms with van der Waals surface area (Å²) in [6.45, 7) is 4.10. The summed E-state index contributed by atoms with van der Waals surface area (Å²) in [5, 5.41) is 14.7. The Morgan fingerprint density at radius 2 is 2.09 bits per heavy atom. The molecule has 1 aliphatic carbocycles. The summed E-state index contributed by atoms with van der Waals surface area (Å²) >= 11 is 0. The van der Waals surface area contributed by atoms with Gasteiger partial charge in [0.25, 0.3) is 0 Å². The number of allylic oxidation sites excluding steroid dienone is 2. The third-order valence-corrected chi connectivity index (χ3v) is 4.39. The number of carbonyl (C=O) groups excluding carboxylic acids is 1. The molecule has 0 saturated carbocycles. The highest BCUT2D eigenvalue weighted by molar-refractivity contribution is 6.00. The van der Waals surface area contributed by atoms with Crippen molar-refractivity contribution in [1.82, 2.24) is 20.2 Å². The number of nitrogens with zero attached hydrogens (tertiary/aromatic N) is 4. The number of tetrazole rings is 1. The highest BCUT2D eigenvalue weighted by atomic mass is 19.1. The number of ketones is 1. The van der Waals surface area contributed by atoms with Crippen molar-refractivity contribution in [3.63, 3.8) is 0 Å². The lowest BCUT2D eigenvalue weighted by atomic mass is 9.73. The molecule has 6 nitrogen and oxygen atoms in total. The van der Waals surface area contributed by atoms with Gasteiger partial charge in [0, 0.05) is 23.3 Å². The number of rotatable bonds is 1. The Morgan fingerprint density at radius 3 is 2.87 bits per heavy atom. The van der Waals surface area contributed by atoms with Gasteiger partial charge in [-0.15, -0.1) is 0 Å². The Morgan fingerprint density at radius 1 is 1.30 bits per heavy atom. The van der Waals surface area contributed by atoms with Gasteiger partial charge in [0.15, 0.2) is 5.78 Å². The van der Waals surface area contributed by atoms with Gasteiger partial charge in [0.2, 0.25) is 5.95 Å². The van der Waals surface area contributed by atoms with Crippen LogP contribution in [0.15, 0.2) is 35.5 Å². The van der Waals surface area contributed by atoms with Crippen molar-refractivity contribution in [2.24, 2.45) is 5.41 Å². The third-order valence-electron chi connectivity index (χ3n) is 4.39. The van der Waals surface area contributed by atoms with E-state index in [-0.39, 0.29) is 17.0 Å². The number of hydrogen-bond acceptors (Lipinski definition) is 5. The second kappa shape index (κ2) is 4.71. The largest absolute Gasteiger partial charge is 0.326 e. The third kappa shape index (κ3) is 2.15. The number of fused-ring (bicyclic) bond motifs is 1. The van der Waals surface area contributed by atoms with Gasteiger partial charge in [0.1, 0.15) is 11.9 Å². The number of anilines is 1. The number of carbonyl (C=O) groups is 1. The fraction of sp³-hybridized carbons (Fsp3) is 0.375. The number of nitrogens with one attached hydrogen (secondary N) is 1. The molecule has 0 amide bonds. The van der Waals surface area contributed by atoms with Gasteiger partial charge < -0.3 is 5.32 Å². The molecule has 4 rings (SSSR count). The predicted octanol–water partition coefficient (Wildman–Crippen LogP) is 2.47. The lowest BCUT2D eigenvalue weighted by Crippen LogP contribution is -2.36. The van der Waals surface area contributed by atoms with E-state index in [1.807, 2.05) is 13.8 Å². The van der Waals surface area contributed by atoms with Crippen molar-refractivity contribution in [1.29, 1.82) is 0 Å². The second-order valence-electron chi connectivity index (χ2n) is 6.83. The molecule has 0 radical (unpaired) electrons. The molecule has 7 heteroatoms. The summed E-state index contributed by atoms with van der Waals surface area (Å²) in [6, 6.07) is 5.82. The highest BCUT2D eigenvalue weighted by Crippen LogP contribution is 2.45. The van der Waals surface area contributed by atoms with Crippen LogP contribution in [0.25, 0.3) is 0 Å². The molecule has 1 aromatic carbocycles. The SMILES string of the molecule is CC1(C)CC(=O)C2=C(C1)Nc1nnnn1[C@H]2c1ccccc1F. The van der Waals surface area contributed by atoms with Gasteiger partial charge in [-0.3, -0.25) is 4.79 Å². The first kappa shape index (κ1) is 14.0. The first-order valence-electron chi connectivity index (χ1n) is 7.52. The van der Waals surface area contributed by atoms with Crippen molar-refractivity contribution in [2.45, 2.75) is 32.7 Å². The average molecular weight is 313 g/mol. The van der Waals surface area contributed by atoms with Gasteiger partial charge in [-0.25, -0.2) is 4.39 Å². The van der Waals surface area contributed by atoms with Crippen LogP contribution in [0.2, 0.25) is 0 Å². The quantitative estimate of drug-likeness (QED) is 0.875. The van der Waals surface area contributed by atoms with Crippen LogP contribution in [0.3, 0.4) is 0 Å². The van der Waals surface area contributed by atoms with Crippen molar-refractivity contribution in [3.8, 4) is 0 Å². The molecule has 0 fully saturated rings. The molecule has 1 atom stereocenters. The van der Waals surface area contributed by atoms with Crippen molar-refractivity contribution >= 4 is 11.7 Å². The zero-order valence-electron chi connectivity index (χ0n) is 12.9. The van der Waals surface area contributed by atoms with E-state index in [0.29, 0.717) is 29.9 Å². The minimum Gasteiger partial charge on any atom is -0.326 e. The zero-order chi connectivity index (χ0) is 16.2. The maximum Gasteiger partial charge on any atom is 0.248 e. The molecule has 23 heavy (non-hydrogen) atoms. The fourth-order valence-electron chi connectivity index (χ4n) is 3.45. The molecule has 0 saturated heterocycles. The number of halogens is 1. The monoisotopic (exact) mass is 313 g/mol. The van der Waals surface area contributed by atoms with Gasteiger partial charge in [-0.05, 0) is 28.3 Å². The van der Waals surface area contributed by atoms with E-state index < -0.39 is 6.04 Å². The molecule has 1 N–H and O–H groups in total. The standard InChI is InChI=1S/C16H16FN5O/c1-16(2)7-11-13(12(23)8-16)14(9-5-3-4-6-10(9)17)22-15(18-11)19-20-21-22/h3-6,14H,7-8H2,1-2H3,(H,18,19,21)/t14-/m0/s1. The van der Waals surface area contributed by atoms with Crippen molar-refractivity contribution < 1.29 is 9.18 Å². The van der Waals surface area contributed by atoms with Crippen molar-refractivity contribution in [3.05, 3.63) is 46.9 Å². The van der Waals surface area contributed by atoms with E-state index >= 15 is 0 Å². The Balaban J connectivity index is 1.94. The topological polar surface area (TPSA) is 72.7 Å². The zero-order valence-corrected chi connectivity index (χ0v) is 12.9. The van der Waals surface area contributed by atoms with E-state index in [4.69, 9.17) is 0 Å². The first-order valence-corrected chi connectivity index (χ1v) is 7.52. The predicted molar refractivity (Wildman–Crippen MR) is 81.0 cm³/mol. The maximum atomic E-state index is 14.4. The number of benzene rings is 1. The van der Waals surface area contributed by atoms with Gasteiger partial charge in [0.05, 0.1) is 0 Å². The molecular formula is C16H16FN5O. The summed E-state index contributed by atoms with van der Waals surface area (Å²) in [6.07, 6.45) is 1.13. The summed E-state index contributed by atoms with van der Waals surface area (Å²) in [7, 11) is 0. The minimum absolute atomic E-state index is 0.0122. The van der Waals surface area contributed by atoms with E-state index in [1.165, 1.54) is 10.7 Å². The molecule has 2 aliphatic rings. The lowest BCUT2D eigenvalue weighted by molar-refractivity contribution is -0.118. The molecule has 0 bridgehead atoms. The van der Waals surface area contributed by atoms with E-state index in [9.17, 15) is 9.18 Å². The van der Waals surface area contributed by atoms with Crippen molar-refractivity contribution in [2.75, 3.05) is 5.32 Å². The Kier molecular flexibility index (Phi) is 2.88. The van der Waals surface area contributed by atoms with Crippen LogP contribution in [0.1, 0.15) is 38.3 Å². The van der Waals surface area contributed by atoms with Gasteiger partial charge in [-0.1, -0.05) is 37.1 Å². The van der Waals surface area contributed by atoms with Crippen LogP contribution in [0, 0.1) is 11.2 Å². The normalized spacial score (nSPS) is 22.4. The van der Waals surface area contributed by atoms with E-state index in [0.717, 1.165) is 5.70 Å². The Labute approximate surface area is 132 Å². The van der Waals surface area contributed by atoms with Crippen LogP contribution >= 0.6 is 0 Å². The van der Waals surface area contributed by atoms with Gasteiger partial charge >= 0.3 is 0 Å². The van der Waals surface area contributed by atoms with Crippen LogP contribution < -0.4 is 5.32 Å². The number of Topliss-reactive ketones (excluding diaryl/α,β-unsaturated/α-hetero) is 1. The van der Waals surface area contributed by atoms with Crippen LogP contribution in [-0.2, 0) is 4.79 Å². The number of aromatic nitrogens is 4. The lowest BCUT2D eigenvalue weighted by Gasteiger charge is -2.37. The molecule has 2 heterocycles. The molecular weight excluding hydrogens is 297 g/mol. The summed E-state index contributed by atoms with van der Waals surface area (Å²) < 4.78 is 15.9. The van der Waals surface area contributed by atoms with E-state index in [2.05, 4.69) is 20.8 Å². The Bertz CT molecular complexity index is 839. The summed E-state index contributed by atoms with van der Waals surface area (Å²) in [4.78, 5) is 12.8. The van der Waals surface area contributed by atoms with E-state index in [1.54, 1.807) is 18.2 Å². The van der Waals surface area contributed by atoms with Crippen LogP contribution in [0.5, 0.6) is 0 Å². The molecule has 1 aromatic heterocycles. The molecule has 2 aromatic rings. The maximum absolute atomic E-state index is 14.4. The highest BCUT2D eigenvalue weighted by Gasteiger charge is 2.42. The average Bonchev–Trinajstić information content (AvgIpc) is 2.92. The molecule has 0 spiro atoms. The van der Waals surface area contributed by atoms with Crippen LogP contribution in [-0.4, -0.2) is 26.0 Å². The second-order valence-corrected chi connectivity index (χ2v) is 6.83. The molecule has 118 valence electrons. The minimum atomic E-state index is -0.624. The molecule has 1 aliphatic heterocycles.